The lowest BCUT2D eigenvalue weighted by molar-refractivity contribution is -0.128. The minimum atomic E-state index is -0.767. The maximum Gasteiger partial charge on any atom is 0.244 e. The number of anilines is 1. The standard InChI is InChI=1S/C15H20FN3O/c1-10-6-12(16)8-13(7-10)18-15(14(17)20)9-19-4-2-11(15)3-5-19/h6-8,11,18H,2-5,9H2,1H3,(H2,17,20). The number of fused-ring (bicyclic) bond motifs is 3. The molecule has 0 spiro atoms. The number of benzene rings is 1. The van der Waals surface area contributed by atoms with E-state index in [1.54, 1.807) is 0 Å². The average Bonchev–Trinajstić information content (AvgIpc) is 2.38. The molecule has 3 aliphatic heterocycles. The fourth-order valence-electron chi connectivity index (χ4n) is 3.61. The van der Waals surface area contributed by atoms with E-state index >= 15 is 0 Å². The number of rotatable bonds is 3. The van der Waals surface area contributed by atoms with Crippen molar-refractivity contribution in [3.63, 3.8) is 0 Å². The first-order valence-corrected chi connectivity index (χ1v) is 7.07. The van der Waals surface area contributed by atoms with E-state index in [1.165, 1.54) is 12.1 Å². The van der Waals surface area contributed by atoms with Gasteiger partial charge in [-0.2, -0.15) is 0 Å². The minimum absolute atomic E-state index is 0.230. The predicted octanol–water partition coefficient (Wildman–Crippen LogP) is 1.50. The number of halogens is 1. The van der Waals surface area contributed by atoms with Crippen molar-refractivity contribution >= 4 is 11.6 Å². The Bertz CT molecular complexity index is 520. The molecule has 1 atom stereocenters. The van der Waals surface area contributed by atoms with Crippen LogP contribution in [-0.4, -0.2) is 36.0 Å². The summed E-state index contributed by atoms with van der Waals surface area (Å²) in [6.07, 6.45) is 1.93. The van der Waals surface area contributed by atoms with E-state index in [2.05, 4.69) is 10.2 Å². The summed E-state index contributed by atoms with van der Waals surface area (Å²) in [5.74, 6) is -0.407. The number of nitrogens with two attached hydrogens (primary N) is 1. The molecule has 0 aliphatic carbocycles. The highest BCUT2D eigenvalue weighted by molar-refractivity contribution is 5.89. The van der Waals surface area contributed by atoms with E-state index in [4.69, 9.17) is 5.73 Å². The summed E-state index contributed by atoms with van der Waals surface area (Å²) < 4.78 is 13.5. The SMILES string of the molecule is Cc1cc(F)cc(NC2(C(N)=O)CN3CCC2CC3)c1. The van der Waals surface area contributed by atoms with Crippen LogP contribution in [0.25, 0.3) is 0 Å². The lowest BCUT2D eigenvalue weighted by Crippen LogP contribution is -2.68. The molecular formula is C15H20FN3O. The smallest absolute Gasteiger partial charge is 0.244 e. The molecular weight excluding hydrogens is 257 g/mol. The first-order chi connectivity index (χ1) is 9.49. The molecule has 1 unspecified atom stereocenters. The Morgan fingerprint density at radius 2 is 2.10 bits per heavy atom. The number of nitrogens with zero attached hydrogens (tertiary/aromatic N) is 1. The molecule has 0 radical (unpaired) electrons. The molecule has 3 heterocycles. The van der Waals surface area contributed by atoms with E-state index in [0.29, 0.717) is 12.2 Å². The minimum Gasteiger partial charge on any atom is -0.370 e. The Labute approximate surface area is 118 Å². The van der Waals surface area contributed by atoms with Crippen molar-refractivity contribution in [1.29, 1.82) is 0 Å². The molecule has 0 saturated carbocycles. The van der Waals surface area contributed by atoms with Gasteiger partial charge in [0.05, 0.1) is 0 Å². The maximum atomic E-state index is 13.5. The summed E-state index contributed by atoms with van der Waals surface area (Å²) in [7, 11) is 0. The number of aryl methyl sites for hydroxylation is 1. The van der Waals surface area contributed by atoms with Crippen molar-refractivity contribution in [2.75, 3.05) is 25.0 Å². The van der Waals surface area contributed by atoms with Gasteiger partial charge in [-0.25, -0.2) is 4.39 Å². The van der Waals surface area contributed by atoms with Crippen molar-refractivity contribution in [2.24, 2.45) is 11.7 Å². The number of nitrogens with one attached hydrogen (secondary N) is 1. The summed E-state index contributed by atoms with van der Waals surface area (Å²) in [5, 5.41) is 3.25. The lowest BCUT2D eigenvalue weighted by Gasteiger charge is -2.52. The van der Waals surface area contributed by atoms with Crippen LogP contribution in [0.4, 0.5) is 10.1 Å². The molecule has 4 rings (SSSR count). The molecule has 2 bridgehead atoms. The highest BCUT2D eigenvalue weighted by atomic mass is 19.1. The lowest BCUT2D eigenvalue weighted by atomic mass is 9.72. The van der Waals surface area contributed by atoms with Gasteiger partial charge in [-0.05, 0) is 62.5 Å². The second-order valence-corrected chi connectivity index (χ2v) is 6.03. The second-order valence-electron chi connectivity index (χ2n) is 6.03. The van der Waals surface area contributed by atoms with Gasteiger partial charge >= 0.3 is 0 Å². The largest absolute Gasteiger partial charge is 0.370 e. The topological polar surface area (TPSA) is 58.4 Å². The number of hydrogen-bond donors (Lipinski definition) is 2. The van der Waals surface area contributed by atoms with E-state index in [9.17, 15) is 9.18 Å². The van der Waals surface area contributed by atoms with E-state index in [-0.39, 0.29) is 17.6 Å². The Hall–Kier alpha value is -1.62. The number of amides is 1. The van der Waals surface area contributed by atoms with Gasteiger partial charge in [-0.15, -0.1) is 0 Å². The molecule has 3 N–H and O–H groups in total. The van der Waals surface area contributed by atoms with Gasteiger partial charge in [0, 0.05) is 12.2 Å². The Morgan fingerprint density at radius 1 is 1.40 bits per heavy atom. The molecule has 3 aliphatic rings. The van der Waals surface area contributed by atoms with Crippen molar-refractivity contribution in [3.05, 3.63) is 29.6 Å². The fraction of sp³-hybridized carbons (Fsp3) is 0.533. The summed E-state index contributed by atoms with van der Waals surface area (Å²) in [6, 6.07) is 4.75. The molecule has 1 amide bonds. The normalized spacial score (nSPS) is 32.1. The van der Waals surface area contributed by atoms with Gasteiger partial charge in [0.1, 0.15) is 11.4 Å². The highest BCUT2D eigenvalue weighted by Gasteiger charge is 2.51. The van der Waals surface area contributed by atoms with E-state index in [0.717, 1.165) is 31.5 Å². The number of hydrogen-bond acceptors (Lipinski definition) is 3. The predicted molar refractivity (Wildman–Crippen MR) is 75.8 cm³/mol. The number of carbonyl (C=O) groups is 1. The summed E-state index contributed by atoms with van der Waals surface area (Å²) in [6.45, 7) is 4.48. The van der Waals surface area contributed by atoms with Gasteiger partial charge in [-0.1, -0.05) is 0 Å². The summed E-state index contributed by atoms with van der Waals surface area (Å²) in [5.41, 5.74) is 6.39. The molecule has 1 aromatic carbocycles. The van der Waals surface area contributed by atoms with Crippen LogP contribution in [0.2, 0.25) is 0 Å². The molecule has 5 heteroatoms. The van der Waals surface area contributed by atoms with Gasteiger partial charge < -0.3 is 16.0 Å². The van der Waals surface area contributed by atoms with Crippen LogP contribution < -0.4 is 11.1 Å². The third-order valence-electron chi connectivity index (χ3n) is 4.61. The number of carbonyl (C=O) groups excluding carboxylic acids is 1. The highest BCUT2D eigenvalue weighted by Crippen LogP contribution is 2.38. The first kappa shape index (κ1) is 13.4. The third-order valence-corrected chi connectivity index (χ3v) is 4.61. The van der Waals surface area contributed by atoms with Crippen LogP contribution in [0.5, 0.6) is 0 Å². The fourth-order valence-corrected chi connectivity index (χ4v) is 3.61. The molecule has 3 fully saturated rings. The Morgan fingerprint density at radius 3 is 2.60 bits per heavy atom. The Kier molecular flexibility index (Phi) is 3.17. The van der Waals surface area contributed by atoms with Crippen LogP contribution in [0, 0.1) is 18.7 Å². The zero-order chi connectivity index (χ0) is 14.3. The monoisotopic (exact) mass is 277 g/mol. The second kappa shape index (κ2) is 4.74. The summed E-state index contributed by atoms with van der Waals surface area (Å²) in [4.78, 5) is 14.3. The molecule has 4 nitrogen and oxygen atoms in total. The van der Waals surface area contributed by atoms with Crippen molar-refractivity contribution in [2.45, 2.75) is 25.3 Å². The quantitative estimate of drug-likeness (QED) is 0.880. The van der Waals surface area contributed by atoms with Crippen molar-refractivity contribution in [3.8, 4) is 0 Å². The zero-order valence-corrected chi connectivity index (χ0v) is 11.7. The zero-order valence-electron chi connectivity index (χ0n) is 11.7. The van der Waals surface area contributed by atoms with Gasteiger partial charge in [-0.3, -0.25) is 4.79 Å². The molecule has 1 aromatic rings. The number of piperidine rings is 3. The van der Waals surface area contributed by atoms with Gasteiger partial charge in [0.2, 0.25) is 5.91 Å². The summed E-state index contributed by atoms with van der Waals surface area (Å²) >= 11 is 0. The molecule has 108 valence electrons. The van der Waals surface area contributed by atoms with Crippen molar-refractivity contribution < 1.29 is 9.18 Å². The van der Waals surface area contributed by atoms with Gasteiger partial charge in [0.15, 0.2) is 0 Å². The van der Waals surface area contributed by atoms with Crippen LogP contribution in [0.1, 0.15) is 18.4 Å². The van der Waals surface area contributed by atoms with Crippen LogP contribution in [-0.2, 0) is 4.79 Å². The Balaban J connectivity index is 1.94. The maximum absolute atomic E-state index is 13.5. The van der Waals surface area contributed by atoms with E-state index in [1.807, 2.05) is 13.0 Å². The van der Waals surface area contributed by atoms with Crippen LogP contribution in [0.3, 0.4) is 0 Å². The van der Waals surface area contributed by atoms with Gasteiger partial charge in [0.25, 0.3) is 0 Å². The average molecular weight is 277 g/mol. The molecule has 20 heavy (non-hydrogen) atoms. The van der Waals surface area contributed by atoms with Crippen molar-refractivity contribution in [1.82, 2.24) is 4.90 Å². The van der Waals surface area contributed by atoms with E-state index < -0.39 is 5.54 Å². The van der Waals surface area contributed by atoms with Crippen LogP contribution in [0.15, 0.2) is 18.2 Å². The molecule has 3 saturated heterocycles. The first-order valence-electron chi connectivity index (χ1n) is 7.07. The van der Waals surface area contributed by atoms with Crippen LogP contribution >= 0.6 is 0 Å². The number of primary amides is 1. The third kappa shape index (κ3) is 2.16. The molecule has 0 aromatic heterocycles.